The van der Waals surface area contributed by atoms with Crippen LogP contribution in [0.5, 0.6) is 0 Å². The van der Waals surface area contributed by atoms with Crippen LogP contribution in [0.4, 0.5) is 11.4 Å². The maximum absolute atomic E-state index is 6.19. The van der Waals surface area contributed by atoms with Crippen molar-refractivity contribution >= 4 is 55.2 Å². The SMILES string of the molecule is CC1(C)c2ccccc2-c2ccc(N(c3ccc(C4=CCCc5ccccc54)cc3)C3C=CC(c4ccc5c(ccc6oc7ccccc7c65)c4)=CC3)cc21. The number of aryl methyl sites for hydroxylation is 1. The first-order valence-electron chi connectivity index (χ1n) is 19.7. The number of benzene rings is 7. The van der Waals surface area contributed by atoms with Gasteiger partial charge in [0.2, 0.25) is 0 Å². The van der Waals surface area contributed by atoms with Crippen LogP contribution in [0.25, 0.3) is 55.0 Å². The summed E-state index contributed by atoms with van der Waals surface area (Å²) in [5.41, 5.74) is 17.7. The average Bonchev–Trinajstić information content (AvgIpc) is 3.73. The quantitative estimate of drug-likeness (QED) is 0.177. The first kappa shape index (κ1) is 32.1. The molecule has 3 aliphatic rings. The number of rotatable bonds is 5. The Hall–Kier alpha value is -6.38. The minimum Gasteiger partial charge on any atom is -0.456 e. The molecule has 0 bridgehead atoms. The average molecular weight is 708 g/mol. The fourth-order valence-electron chi connectivity index (χ4n) is 9.68. The molecule has 55 heavy (non-hydrogen) atoms. The van der Waals surface area contributed by atoms with Crippen LogP contribution in [0.15, 0.2) is 174 Å². The zero-order valence-corrected chi connectivity index (χ0v) is 31.2. The molecule has 0 saturated heterocycles. The molecular formula is C53H41NO. The van der Waals surface area contributed by atoms with Gasteiger partial charge < -0.3 is 9.32 Å². The van der Waals surface area contributed by atoms with Gasteiger partial charge >= 0.3 is 0 Å². The van der Waals surface area contributed by atoms with Crippen LogP contribution in [0.1, 0.15) is 60.1 Å². The van der Waals surface area contributed by atoms with E-state index in [1.165, 1.54) is 88.6 Å². The highest BCUT2D eigenvalue weighted by atomic mass is 16.3. The molecule has 0 radical (unpaired) electrons. The van der Waals surface area contributed by atoms with Gasteiger partial charge in [-0.15, -0.1) is 0 Å². The standard InChI is InChI=1S/C53H41NO/c1-53(2)48-16-7-5-13-45(48)46-30-28-41(33-49(46)53)54(40-26-20-36(21-27-40)43-15-9-11-35-10-3-4-12-42(35)43)39-24-18-34(19-25-39)37-22-29-44-38(32-37)23-31-51-52(44)47-14-6-8-17-50(47)55-51/h3-8,10,12-24,26-33,39H,9,11,25H2,1-2H3. The smallest absolute Gasteiger partial charge is 0.136 e. The van der Waals surface area contributed by atoms with Gasteiger partial charge in [-0.05, 0) is 128 Å². The van der Waals surface area contributed by atoms with Crippen LogP contribution in [-0.2, 0) is 11.8 Å². The highest BCUT2D eigenvalue weighted by Gasteiger charge is 2.36. The Morgan fingerprint density at radius 3 is 2.24 bits per heavy atom. The van der Waals surface area contributed by atoms with Crippen molar-refractivity contribution in [2.75, 3.05) is 4.90 Å². The van der Waals surface area contributed by atoms with E-state index in [9.17, 15) is 0 Å². The van der Waals surface area contributed by atoms with E-state index in [-0.39, 0.29) is 11.5 Å². The molecule has 0 aliphatic heterocycles. The van der Waals surface area contributed by atoms with Crippen molar-refractivity contribution in [2.45, 2.75) is 44.6 Å². The third-order valence-corrected chi connectivity index (χ3v) is 12.5. The predicted octanol–water partition coefficient (Wildman–Crippen LogP) is 14.0. The van der Waals surface area contributed by atoms with Crippen LogP contribution < -0.4 is 4.90 Å². The molecule has 1 atom stereocenters. The molecule has 0 spiro atoms. The van der Waals surface area contributed by atoms with E-state index in [1.54, 1.807) is 0 Å². The van der Waals surface area contributed by atoms with E-state index in [1.807, 2.05) is 6.07 Å². The molecule has 11 rings (SSSR count). The van der Waals surface area contributed by atoms with Gasteiger partial charge in [-0.25, -0.2) is 0 Å². The van der Waals surface area contributed by atoms with Crippen LogP contribution in [0, 0.1) is 0 Å². The van der Waals surface area contributed by atoms with Crippen molar-refractivity contribution in [2.24, 2.45) is 0 Å². The summed E-state index contributed by atoms with van der Waals surface area (Å²) < 4.78 is 6.19. The van der Waals surface area contributed by atoms with Crippen molar-refractivity contribution < 1.29 is 4.42 Å². The Morgan fingerprint density at radius 2 is 1.36 bits per heavy atom. The van der Waals surface area contributed by atoms with Crippen molar-refractivity contribution in [1.29, 1.82) is 0 Å². The molecule has 0 fully saturated rings. The largest absolute Gasteiger partial charge is 0.456 e. The second-order valence-electron chi connectivity index (χ2n) is 15.9. The van der Waals surface area contributed by atoms with Crippen LogP contribution in [0.2, 0.25) is 0 Å². The van der Waals surface area contributed by atoms with Gasteiger partial charge in [-0.1, -0.05) is 141 Å². The highest BCUT2D eigenvalue weighted by molar-refractivity contribution is 6.19. The third-order valence-electron chi connectivity index (χ3n) is 12.5. The maximum atomic E-state index is 6.19. The van der Waals surface area contributed by atoms with E-state index >= 15 is 0 Å². The summed E-state index contributed by atoms with van der Waals surface area (Å²) in [6.07, 6.45) is 12.7. The Balaban J connectivity index is 0.960. The molecule has 2 nitrogen and oxygen atoms in total. The lowest BCUT2D eigenvalue weighted by atomic mass is 9.82. The third kappa shape index (κ3) is 5.08. The molecule has 2 heteroatoms. The van der Waals surface area contributed by atoms with E-state index in [4.69, 9.17) is 4.42 Å². The lowest BCUT2D eigenvalue weighted by Crippen LogP contribution is -2.30. The molecular weight excluding hydrogens is 667 g/mol. The predicted molar refractivity (Wildman–Crippen MR) is 231 cm³/mol. The molecule has 1 heterocycles. The number of hydrogen-bond acceptors (Lipinski definition) is 2. The van der Waals surface area contributed by atoms with E-state index in [0.29, 0.717) is 0 Å². The Labute approximate surface area is 322 Å². The second-order valence-corrected chi connectivity index (χ2v) is 15.9. The van der Waals surface area contributed by atoms with Gasteiger partial charge in [-0.2, -0.15) is 0 Å². The highest BCUT2D eigenvalue weighted by Crippen LogP contribution is 2.50. The summed E-state index contributed by atoms with van der Waals surface area (Å²) in [6, 6.07) is 53.9. The van der Waals surface area contributed by atoms with Crippen molar-refractivity contribution in [3.05, 3.63) is 203 Å². The zero-order valence-electron chi connectivity index (χ0n) is 31.2. The summed E-state index contributed by atoms with van der Waals surface area (Å²) in [7, 11) is 0. The Bertz CT molecular complexity index is 2930. The monoisotopic (exact) mass is 707 g/mol. The molecule has 0 N–H and O–H groups in total. The number of furan rings is 1. The molecule has 0 amide bonds. The topological polar surface area (TPSA) is 16.4 Å². The number of para-hydroxylation sites is 1. The molecule has 3 aliphatic carbocycles. The van der Waals surface area contributed by atoms with Crippen LogP contribution in [-0.4, -0.2) is 6.04 Å². The molecule has 264 valence electrons. The normalized spacial score (nSPS) is 16.8. The van der Waals surface area contributed by atoms with E-state index in [0.717, 1.165) is 30.4 Å². The lowest BCUT2D eigenvalue weighted by molar-refractivity contribution is 0.659. The first-order chi connectivity index (χ1) is 27.0. The number of allylic oxidation sites excluding steroid dienone is 3. The minimum atomic E-state index is -0.0712. The summed E-state index contributed by atoms with van der Waals surface area (Å²) >= 11 is 0. The van der Waals surface area contributed by atoms with E-state index in [2.05, 4.69) is 183 Å². The summed E-state index contributed by atoms with van der Waals surface area (Å²) in [4.78, 5) is 2.55. The van der Waals surface area contributed by atoms with Gasteiger partial charge in [0.25, 0.3) is 0 Å². The summed E-state index contributed by atoms with van der Waals surface area (Å²) in [5.74, 6) is 0. The lowest BCUT2D eigenvalue weighted by Gasteiger charge is -2.34. The van der Waals surface area contributed by atoms with Crippen molar-refractivity contribution in [3.63, 3.8) is 0 Å². The first-order valence-corrected chi connectivity index (χ1v) is 19.7. The number of nitrogens with zero attached hydrogens (tertiary/aromatic N) is 1. The fraction of sp³-hybridized carbons (Fsp3) is 0.132. The van der Waals surface area contributed by atoms with Gasteiger partial charge in [-0.3, -0.25) is 0 Å². The molecule has 0 saturated carbocycles. The number of anilines is 2. The number of hydrogen-bond donors (Lipinski definition) is 0. The molecule has 1 unspecified atom stereocenters. The Morgan fingerprint density at radius 1 is 0.600 bits per heavy atom. The van der Waals surface area contributed by atoms with Gasteiger partial charge in [0, 0.05) is 27.6 Å². The fourth-order valence-corrected chi connectivity index (χ4v) is 9.68. The van der Waals surface area contributed by atoms with E-state index < -0.39 is 0 Å². The van der Waals surface area contributed by atoms with Crippen molar-refractivity contribution in [3.8, 4) is 11.1 Å². The Kier molecular flexibility index (Phi) is 7.19. The number of fused-ring (bicyclic) bond motifs is 9. The second kappa shape index (κ2) is 12.3. The van der Waals surface area contributed by atoms with Gasteiger partial charge in [0.05, 0.1) is 6.04 Å². The summed E-state index contributed by atoms with van der Waals surface area (Å²) in [6.45, 7) is 4.74. The summed E-state index contributed by atoms with van der Waals surface area (Å²) in [5, 5.41) is 4.82. The molecule has 8 aromatic rings. The molecule has 7 aromatic carbocycles. The van der Waals surface area contributed by atoms with Crippen LogP contribution >= 0.6 is 0 Å². The zero-order chi connectivity index (χ0) is 36.7. The maximum Gasteiger partial charge on any atom is 0.136 e. The van der Waals surface area contributed by atoms with Crippen molar-refractivity contribution in [1.82, 2.24) is 0 Å². The minimum absolute atomic E-state index is 0.0712. The van der Waals surface area contributed by atoms with Gasteiger partial charge in [0.1, 0.15) is 11.2 Å². The van der Waals surface area contributed by atoms with Gasteiger partial charge in [0.15, 0.2) is 0 Å². The van der Waals surface area contributed by atoms with Crippen LogP contribution in [0.3, 0.4) is 0 Å². The molecule has 1 aromatic heterocycles.